The third kappa shape index (κ3) is 4.48. The van der Waals surface area contributed by atoms with E-state index in [1.54, 1.807) is 0 Å². The quantitative estimate of drug-likeness (QED) is 0.244. The number of fused-ring (bicyclic) bond motifs is 1. The van der Waals surface area contributed by atoms with Crippen LogP contribution < -0.4 is 11.5 Å². The largest absolute Gasteiger partial charge is 0.399 e. The molecule has 1 heterocycles. The summed E-state index contributed by atoms with van der Waals surface area (Å²) < 4.78 is 0. The molecule has 5 aromatic carbocycles. The Morgan fingerprint density at radius 3 is 0.974 bits per heavy atom. The number of aryl methyl sites for hydroxylation is 2. The zero-order valence-corrected chi connectivity index (χ0v) is 21.4. The maximum atomic E-state index is 5.87. The zero-order chi connectivity index (χ0) is 26.2. The monoisotopic (exact) mass is 492 g/mol. The molecule has 0 aliphatic rings. The first-order valence-electron chi connectivity index (χ1n) is 12.7. The maximum absolute atomic E-state index is 5.87. The molecule has 0 radical (unpaired) electrons. The summed E-state index contributed by atoms with van der Waals surface area (Å²) in [6.45, 7) is 4.22. The first kappa shape index (κ1) is 23.4. The predicted molar refractivity (Wildman–Crippen MR) is 160 cm³/mol. The van der Waals surface area contributed by atoms with Crippen LogP contribution in [0.1, 0.15) is 11.1 Å². The fourth-order valence-electron chi connectivity index (χ4n) is 4.71. The van der Waals surface area contributed by atoms with Gasteiger partial charge in [0.1, 0.15) is 0 Å². The van der Waals surface area contributed by atoms with Crippen molar-refractivity contribution in [3.8, 4) is 44.8 Å². The van der Waals surface area contributed by atoms with Gasteiger partial charge in [0.2, 0.25) is 0 Å². The van der Waals surface area contributed by atoms with Gasteiger partial charge in [-0.05, 0) is 83.6 Å². The Labute approximate surface area is 222 Å². The van der Waals surface area contributed by atoms with Crippen molar-refractivity contribution in [2.24, 2.45) is 0 Å². The number of aromatic nitrogens is 2. The minimum Gasteiger partial charge on any atom is -0.399 e. The summed E-state index contributed by atoms with van der Waals surface area (Å²) in [6, 6.07) is 37.1. The number of hydrogen-bond donors (Lipinski definition) is 2. The van der Waals surface area contributed by atoms with Gasteiger partial charge >= 0.3 is 0 Å². The second-order valence-corrected chi connectivity index (χ2v) is 9.74. The maximum Gasteiger partial charge on any atom is 0.0973 e. The molecule has 6 aromatic rings. The van der Waals surface area contributed by atoms with Crippen molar-refractivity contribution in [2.75, 3.05) is 11.5 Å². The third-order valence-corrected chi connectivity index (χ3v) is 7.08. The van der Waals surface area contributed by atoms with E-state index in [1.165, 1.54) is 11.1 Å². The van der Waals surface area contributed by atoms with E-state index >= 15 is 0 Å². The van der Waals surface area contributed by atoms with E-state index in [0.717, 1.165) is 67.2 Å². The molecule has 38 heavy (non-hydrogen) atoms. The second kappa shape index (κ2) is 9.49. The van der Waals surface area contributed by atoms with E-state index in [2.05, 4.69) is 74.5 Å². The van der Waals surface area contributed by atoms with E-state index < -0.39 is 0 Å². The first-order chi connectivity index (χ1) is 18.4. The molecule has 0 saturated heterocycles. The van der Waals surface area contributed by atoms with Crippen molar-refractivity contribution >= 4 is 22.4 Å². The molecule has 1 aromatic heterocycles. The van der Waals surface area contributed by atoms with Gasteiger partial charge in [0, 0.05) is 22.5 Å². The molecule has 0 aliphatic carbocycles. The van der Waals surface area contributed by atoms with Crippen LogP contribution in [0.15, 0.2) is 109 Å². The van der Waals surface area contributed by atoms with Gasteiger partial charge in [0.05, 0.1) is 22.4 Å². The van der Waals surface area contributed by atoms with Crippen molar-refractivity contribution in [1.82, 2.24) is 9.97 Å². The molecule has 0 unspecified atom stereocenters. The molecule has 4 heteroatoms. The highest BCUT2D eigenvalue weighted by Crippen LogP contribution is 2.34. The first-order valence-corrected chi connectivity index (χ1v) is 12.7. The lowest BCUT2D eigenvalue weighted by atomic mass is 9.98. The summed E-state index contributed by atoms with van der Waals surface area (Å²) in [5.74, 6) is 0. The Morgan fingerprint density at radius 2 is 0.658 bits per heavy atom. The van der Waals surface area contributed by atoms with Gasteiger partial charge in [-0.1, -0.05) is 72.8 Å². The Kier molecular flexibility index (Phi) is 5.85. The minimum atomic E-state index is 0.759. The lowest BCUT2D eigenvalue weighted by Gasteiger charge is -2.13. The molecule has 0 aliphatic heterocycles. The Morgan fingerprint density at radius 1 is 0.395 bits per heavy atom. The summed E-state index contributed by atoms with van der Waals surface area (Å²) in [7, 11) is 0. The van der Waals surface area contributed by atoms with Crippen LogP contribution >= 0.6 is 0 Å². The predicted octanol–water partition coefficient (Wildman–Crippen LogP) is 8.08. The van der Waals surface area contributed by atoms with Gasteiger partial charge in [0.15, 0.2) is 0 Å². The van der Waals surface area contributed by atoms with Crippen molar-refractivity contribution < 1.29 is 0 Å². The molecule has 0 spiro atoms. The van der Waals surface area contributed by atoms with Gasteiger partial charge in [-0.15, -0.1) is 0 Å². The third-order valence-electron chi connectivity index (χ3n) is 7.08. The van der Waals surface area contributed by atoms with Crippen molar-refractivity contribution in [2.45, 2.75) is 13.8 Å². The van der Waals surface area contributed by atoms with Crippen molar-refractivity contribution in [1.29, 1.82) is 0 Å². The smallest absolute Gasteiger partial charge is 0.0973 e. The number of nitrogen functional groups attached to an aromatic ring is 2. The fraction of sp³-hybridized carbons (Fsp3) is 0.0588. The van der Waals surface area contributed by atoms with E-state index in [0.29, 0.717) is 0 Å². The average molecular weight is 493 g/mol. The Balaban J connectivity index is 1.46. The summed E-state index contributed by atoms with van der Waals surface area (Å²) >= 11 is 0. The Hall–Kier alpha value is -4.96. The molecular formula is C34H28N4. The molecule has 0 saturated carbocycles. The highest BCUT2D eigenvalue weighted by atomic mass is 14.8. The van der Waals surface area contributed by atoms with Gasteiger partial charge in [0.25, 0.3) is 0 Å². The number of rotatable bonds is 4. The number of hydrogen-bond acceptors (Lipinski definition) is 4. The van der Waals surface area contributed by atoms with E-state index in [4.69, 9.17) is 21.4 Å². The van der Waals surface area contributed by atoms with E-state index in [-0.39, 0.29) is 0 Å². The molecule has 0 atom stereocenters. The van der Waals surface area contributed by atoms with Crippen LogP contribution in [0.5, 0.6) is 0 Å². The van der Waals surface area contributed by atoms with Gasteiger partial charge < -0.3 is 11.5 Å². The van der Waals surface area contributed by atoms with E-state index in [9.17, 15) is 0 Å². The number of benzene rings is 5. The lowest BCUT2D eigenvalue weighted by molar-refractivity contribution is 1.26. The SMILES string of the molecule is Cc1cc2nc(-c3ccc(-c4ccc(N)cc4)cc3)c(-c3ccc(-c4ccc(N)cc4)cc3)nc2cc1C. The average Bonchev–Trinajstić information content (AvgIpc) is 2.94. The van der Waals surface area contributed by atoms with Gasteiger partial charge in [-0.2, -0.15) is 0 Å². The molecular weight excluding hydrogens is 464 g/mol. The topological polar surface area (TPSA) is 77.8 Å². The van der Waals surface area contributed by atoms with Crippen molar-refractivity contribution in [3.05, 3.63) is 120 Å². The zero-order valence-electron chi connectivity index (χ0n) is 21.4. The normalized spacial score (nSPS) is 11.1. The highest BCUT2D eigenvalue weighted by Gasteiger charge is 2.15. The van der Waals surface area contributed by atoms with E-state index in [1.807, 2.05) is 48.5 Å². The van der Waals surface area contributed by atoms with Crippen LogP contribution in [0.4, 0.5) is 11.4 Å². The molecule has 4 N–H and O–H groups in total. The van der Waals surface area contributed by atoms with Crippen molar-refractivity contribution in [3.63, 3.8) is 0 Å². The van der Waals surface area contributed by atoms with Gasteiger partial charge in [-0.25, -0.2) is 9.97 Å². The number of nitrogens with zero attached hydrogens (tertiary/aromatic N) is 2. The second-order valence-electron chi connectivity index (χ2n) is 9.74. The fourth-order valence-corrected chi connectivity index (χ4v) is 4.71. The standard InChI is InChI=1S/C34H28N4/c1-21-19-31-32(20-22(21)2)38-34(28-9-5-24(6-10-28)26-13-17-30(36)18-14-26)33(37-31)27-7-3-23(4-8-27)25-11-15-29(35)16-12-25/h3-20H,35-36H2,1-2H3. The summed E-state index contributed by atoms with van der Waals surface area (Å²) in [6.07, 6.45) is 0. The van der Waals surface area contributed by atoms with Crippen LogP contribution in [-0.2, 0) is 0 Å². The molecule has 4 nitrogen and oxygen atoms in total. The van der Waals surface area contributed by atoms with Gasteiger partial charge in [-0.3, -0.25) is 0 Å². The van der Waals surface area contributed by atoms with Crippen LogP contribution in [0.25, 0.3) is 55.8 Å². The van der Waals surface area contributed by atoms with Crippen LogP contribution in [0.2, 0.25) is 0 Å². The minimum absolute atomic E-state index is 0.759. The summed E-state index contributed by atoms with van der Waals surface area (Å²) in [4.78, 5) is 10.3. The summed E-state index contributed by atoms with van der Waals surface area (Å²) in [5, 5.41) is 0. The molecule has 6 rings (SSSR count). The molecule has 0 fully saturated rings. The van der Waals surface area contributed by atoms with Crippen LogP contribution in [-0.4, -0.2) is 9.97 Å². The number of nitrogens with two attached hydrogens (primary N) is 2. The molecule has 0 bridgehead atoms. The molecule has 0 amide bonds. The van der Waals surface area contributed by atoms with Crippen LogP contribution in [0.3, 0.4) is 0 Å². The Bertz CT molecular complexity index is 1620. The summed E-state index contributed by atoms with van der Waals surface area (Å²) in [5.41, 5.74) is 25.7. The van der Waals surface area contributed by atoms with Crippen LogP contribution in [0, 0.1) is 13.8 Å². The lowest BCUT2D eigenvalue weighted by Crippen LogP contribution is -1.97. The number of anilines is 2. The highest BCUT2D eigenvalue weighted by molar-refractivity contribution is 5.88. The molecule has 184 valence electrons.